The van der Waals surface area contributed by atoms with Crippen LogP contribution in [0.1, 0.15) is 29.3 Å². The fourth-order valence-electron chi connectivity index (χ4n) is 2.12. The van der Waals surface area contributed by atoms with Crippen LogP contribution in [0.4, 0.5) is 13.2 Å². The molecule has 0 spiro atoms. The number of benzene rings is 1. The summed E-state index contributed by atoms with van der Waals surface area (Å²) in [6.45, 7) is 5.16. The Bertz CT molecular complexity index is 737. The highest BCUT2D eigenvalue weighted by atomic mass is 127. The predicted molar refractivity (Wildman–Crippen MR) is 112 cm³/mol. The molecule has 2 N–H and O–H groups in total. The highest BCUT2D eigenvalue weighted by molar-refractivity contribution is 14.0. The zero-order chi connectivity index (χ0) is 19.0. The van der Waals surface area contributed by atoms with Crippen LogP contribution < -0.4 is 15.4 Å². The predicted octanol–water partition coefficient (Wildman–Crippen LogP) is 4.48. The average molecular weight is 514 g/mol. The minimum absolute atomic E-state index is 0. The maximum atomic E-state index is 12.5. The second-order valence-electron chi connectivity index (χ2n) is 5.28. The van der Waals surface area contributed by atoms with Crippen molar-refractivity contribution in [3.8, 4) is 5.75 Å². The number of hydrogen-bond donors (Lipinski definition) is 2. The molecule has 5 nitrogen and oxygen atoms in total. The molecule has 27 heavy (non-hydrogen) atoms. The zero-order valence-electron chi connectivity index (χ0n) is 15.0. The van der Waals surface area contributed by atoms with Gasteiger partial charge in [-0.25, -0.2) is 9.98 Å². The maximum Gasteiger partial charge on any atom is 0.573 e. The molecule has 1 heterocycles. The van der Waals surface area contributed by atoms with Crippen LogP contribution >= 0.6 is 35.3 Å². The number of ether oxygens (including phenoxy) is 1. The van der Waals surface area contributed by atoms with Gasteiger partial charge in [0.05, 0.1) is 13.1 Å². The van der Waals surface area contributed by atoms with E-state index in [2.05, 4.69) is 32.3 Å². The summed E-state index contributed by atoms with van der Waals surface area (Å²) >= 11 is 1.61. The van der Waals surface area contributed by atoms with Gasteiger partial charge in [0.15, 0.2) is 5.96 Å². The summed E-state index contributed by atoms with van der Waals surface area (Å²) in [7, 11) is 0. The van der Waals surface area contributed by atoms with Crippen molar-refractivity contribution in [3.63, 3.8) is 0 Å². The number of hydrogen-bond acceptors (Lipinski definition) is 4. The zero-order valence-corrected chi connectivity index (χ0v) is 18.1. The first-order valence-corrected chi connectivity index (χ1v) is 9.02. The van der Waals surface area contributed by atoms with Gasteiger partial charge in [-0.05, 0) is 19.4 Å². The van der Waals surface area contributed by atoms with Gasteiger partial charge in [0.1, 0.15) is 10.8 Å². The summed E-state index contributed by atoms with van der Waals surface area (Å²) in [5, 5.41) is 7.12. The molecular formula is C17H22F3IN4OS. The quantitative estimate of drug-likeness (QED) is 0.325. The Morgan fingerprint density at radius 3 is 2.59 bits per heavy atom. The molecule has 0 atom stereocenters. The van der Waals surface area contributed by atoms with Crippen LogP contribution in [0.3, 0.4) is 0 Å². The molecule has 1 aromatic heterocycles. The van der Waals surface area contributed by atoms with E-state index in [1.165, 1.54) is 17.0 Å². The van der Waals surface area contributed by atoms with E-state index in [-0.39, 0.29) is 36.3 Å². The molecule has 0 saturated carbocycles. The number of rotatable bonds is 7. The van der Waals surface area contributed by atoms with Crippen molar-refractivity contribution in [1.29, 1.82) is 0 Å². The topological polar surface area (TPSA) is 58.5 Å². The molecule has 2 rings (SSSR count). The normalized spacial score (nSPS) is 11.7. The molecule has 0 aliphatic carbocycles. The first-order valence-electron chi connectivity index (χ1n) is 8.20. The second-order valence-corrected chi connectivity index (χ2v) is 6.48. The van der Waals surface area contributed by atoms with Crippen LogP contribution in [0.2, 0.25) is 0 Å². The monoisotopic (exact) mass is 514 g/mol. The Hall–Kier alpha value is -1.56. The summed E-state index contributed by atoms with van der Waals surface area (Å²) < 4.78 is 41.5. The molecule has 0 fully saturated rings. The summed E-state index contributed by atoms with van der Waals surface area (Å²) in [6, 6.07) is 5.98. The number of aliphatic imine (C=N–C) groups is 1. The van der Waals surface area contributed by atoms with Crippen molar-refractivity contribution >= 4 is 41.3 Å². The van der Waals surface area contributed by atoms with Gasteiger partial charge in [0, 0.05) is 23.2 Å². The Morgan fingerprint density at radius 1 is 1.22 bits per heavy atom. The van der Waals surface area contributed by atoms with Crippen molar-refractivity contribution in [3.05, 3.63) is 45.9 Å². The molecule has 0 amide bonds. The molecule has 2 aromatic rings. The van der Waals surface area contributed by atoms with Gasteiger partial charge in [-0.2, -0.15) is 0 Å². The summed E-state index contributed by atoms with van der Waals surface area (Å²) in [5.41, 5.74) is 0.351. The first-order chi connectivity index (χ1) is 12.4. The standard InChI is InChI=1S/C17H21F3N4OS.HI/c1-3-13-10-22-15(26-13)11-24-16(21-4-2)23-9-12-7-5-6-8-14(12)25-17(18,19)20;/h5-8,10H,3-4,9,11H2,1-2H3,(H2,21,23,24);1H. The van der Waals surface area contributed by atoms with E-state index in [1.807, 2.05) is 13.1 Å². The molecule has 0 radical (unpaired) electrons. The number of alkyl halides is 3. The van der Waals surface area contributed by atoms with E-state index in [4.69, 9.17) is 0 Å². The van der Waals surface area contributed by atoms with Crippen LogP contribution in [0.5, 0.6) is 5.75 Å². The lowest BCUT2D eigenvalue weighted by atomic mass is 10.2. The van der Waals surface area contributed by atoms with Crippen LogP contribution in [0.15, 0.2) is 35.5 Å². The van der Waals surface area contributed by atoms with Crippen LogP contribution in [-0.2, 0) is 19.5 Å². The first kappa shape index (κ1) is 23.5. The summed E-state index contributed by atoms with van der Waals surface area (Å²) in [5.74, 6) is 0.259. The molecule has 0 bridgehead atoms. The SMILES string of the molecule is CCNC(=NCc1ccccc1OC(F)(F)F)NCc1ncc(CC)s1.I. The largest absolute Gasteiger partial charge is 0.573 e. The summed E-state index contributed by atoms with van der Waals surface area (Å²) in [4.78, 5) is 9.86. The number of halogens is 4. The molecule has 10 heteroatoms. The number of aromatic nitrogens is 1. The van der Waals surface area contributed by atoms with E-state index in [9.17, 15) is 13.2 Å². The maximum absolute atomic E-state index is 12.5. The van der Waals surface area contributed by atoms with Crippen LogP contribution in [0.25, 0.3) is 0 Å². The Labute approximate surface area is 177 Å². The van der Waals surface area contributed by atoms with Crippen molar-refractivity contribution in [2.45, 2.75) is 39.7 Å². The number of para-hydroxylation sites is 1. The van der Waals surface area contributed by atoms with Gasteiger partial charge in [-0.1, -0.05) is 25.1 Å². The van der Waals surface area contributed by atoms with Crippen LogP contribution in [-0.4, -0.2) is 23.9 Å². The molecule has 0 aliphatic heterocycles. The smallest absolute Gasteiger partial charge is 0.405 e. The molecule has 0 unspecified atom stereocenters. The van der Waals surface area contributed by atoms with Gasteiger partial charge >= 0.3 is 6.36 Å². The second kappa shape index (κ2) is 11.3. The van der Waals surface area contributed by atoms with Gasteiger partial charge in [-0.3, -0.25) is 0 Å². The van der Waals surface area contributed by atoms with Gasteiger partial charge < -0.3 is 15.4 Å². The minimum atomic E-state index is -4.73. The van der Waals surface area contributed by atoms with E-state index in [0.29, 0.717) is 24.6 Å². The van der Waals surface area contributed by atoms with Crippen molar-refractivity contribution < 1.29 is 17.9 Å². The highest BCUT2D eigenvalue weighted by Gasteiger charge is 2.31. The lowest BCUT2D eigenvalue weighted by Crippen LogP contribution is -2.36. The molecule has 1 aromatic carbocycles. The van der Waals surface area contributed by atoms with Gasteiger partial charge in [0.25, 0.3) is 0 Å². The van der Waals surface area contributed by atoms with Crippen molar-refractivity contribution in [2.24, 2.45) is 4.99 Å². The lowest BCUT2D eigenvalue weighted by molar-refractivity contribution is -0.274. The van der Waals surface area contributed by atoms with E-state index in [0.717, 1.165) is 11.4 Å². The van der Waals surface area contributed by atoms with E-state index in [1.54, 1.807) is 23.5 Å². The van der Waals surface area contributed by atoms with E-state index < -0.39 is 6.36 Å². The van der Waals surface area contributed by atoms with Crippen LogP contribution in [0, 0.1) is 0 Å². The summed E-state index contributed by atoms with van der Waals surface area (Å²) in [6.07, 6.45) is -1.96. The third-order valence-electron chi connectivity index (χ3n) is 3.31. The molecular weight excluding hydrogens is 492 g/mol. The van der Waals surface area contributed by atoms with Crippen molar-refractivity contribution in [2.75, 3.05) is 6.54 Å². The fourth-order valence-corrected chi connectivity index (χ4v) is 2.92. The Morgan fingerprint density at radius 2 is 1.96 bits per heavy atom. The lowest BCUT2D eigenvalue weighted by Gasteiger charge is -2.13. The van der Waals surface area contributed by atoms with Gasteiger partial charge in [-0.15, -0.1) is 48.5 Å². The molecule has 0 aliphatic rings. The number of aryl methyl sites for hydroxylation is 1. The number of guanidine groups is 1. The highest BCUT2D eigenvalue weighted by Crippen LogP contribution is 2.26. The third-order valence-corrected chi connectivity index (χ3v) is 4.45. The van der Waals surface area contributed by atoms with Gasteiger partial charge in [0.2, 0.25) is 0 Å². The average Bonchev–Trinajstić information content (AvgIpc) is 3.05. The number of nitrogens with one attached hydrogen (secondary N) is 2. The molecule has 150 valence electrons. The number of thiazole rings is 1. The fraction of sp³-hybridized carbons (Fsp3) is 0.412. The number of nitrogens with zero attached hydrogens (tertiary/aromatic N) is 2. The third kappa shape index (κ3) is 8.33. The molecule has 0 saturated heterocycles. The van der Waals surface area contributed by atoms with Crippen molar-refractivity contribution in [1.82, 2.24) is 15.6 Å². The minimum Gasteiger partial charge on any atom is -0.405 e. The Balaban J connectivity index is 0.00000364. The Kier molecular flexibility index (Phi) is 9.84. The van der Waals surface area contributed by atoms with E-state index >= 15 is 0 Å².